The molecular weight excluding hydrogens is 363 g/mol. The van der Waals surface area contributed by atoms with E-state index >= 15 is 0 Å². The van der Waals surface area contributed by atoms with Crippen LogP contribution in [-0.2, 0) is 8.85 Å². The summed E-state index contributed by atoms with van der Waals surface area (Å²) in [6.07, 6.45) is -9.98. The van der Waals surface area contributed by atoms with Crippen LogP contribution in [0.4, 0.5) is 39.5 Å². The van der Waals surface area contributed by atoms with Crippen LogP contribution in [0.5, 0.6) is 0 Å². The van der Waals surface area contributed by atoms with Gasteiger partial charge in [0, 0.05) is 26.1 Å². The highest BCUT2D eigenvalue weighted by Gasteiger charge is 2.80. The van der Waals surface area contributed by atoms with Crippen molar-refractivity contribution < 1.29 is 48.4 Å². The lowest BCUT2D eigenvalue weighted by molar-refractivity contribution is -0.298. The first-order valence-electron chi connectivity index (χ1n) is 6.56. The van der Waals surface area contributed by atoms with Crippen LogP contribution in [0.3, 0.4) is 0 Å². The molecule has 0 heterocycles. The van der Waals surface area contributed by atoms with E-state index in [4.69, 9.17) is 0 Å². The van der Waals surface area contributed by atoms with Crippen LogP contribution in [0, 0.1) is 0 Å². The topological polar surface area (TPSA) is 18.5 Å². The Bertz CT molecular complexity index is 378. The Balaban J connectivity index is 5.64. The van der Waals surface area contributed by atoms with Crippen molar-refractivity contribution >= 4 is 8.56 Å². The van der Waals surface area contributed by atoms with Gasteiger partial charge in [-0.15, -0.1) is 0 Å². The summed E-state index contributed by atoms with van der Waals surface area (Å²) in [6, 6.07) is 0. The zero-order chi connectivity index (χ0) is 18.7. The number of alkyl halides is 9. The quantitative estimate of drug-likeness (QED) is 0.418. The molecular formula is C11H17F9O2Si. The Hall–Kier alpha value is -0.493. The predicted molar refractivity (Wildman–Crippen MR) is 65.0 cm³/mol. The van der Waals surface area contributed by atoms with E-state index in [1.165, 1.54) is 13.8 Å². The van der Waals surface area contributed by atoms with Gasteiger partial charge >= 0.3 is 32.1 Å². The number of halogens is 9. The molecule has 0 aromatic heterocycles. The van der Waals surface area contributed by atoms with Gasteiger partial charge in [0.25, 0.3) is 0 Å². The fourth-order valence-electron chi connectivity index (χ4n) is 1.74. The van der Waals surface area contributed by atoms with Crippen LogP contribution in [0.2, 0.25) is 6.55 Å². The van der Waals surface area contributed by atoms with Crippen molar-refractivity contribution in [3.63, 3.8) is 0 Å². The van der Waals surface area contributed by atoms with E-state index < -0.39 is 58.2 Å². The molecule has 12 heteroatoms. The molecule has 0 aliphatic heterocycles. The Labute approximate surface area is 128 Å². The number of rotatable bonds is 9. The lowest BCUT2D eigenvalue weighted by Crippen LogP contribution is -2.69. The average molecular weight is 380 g/mol. The van der Waals surface area contributed by atoms with Gasteiger partial charge in [0.05, 0.1) is 0 Å². The minimum absolute atomic E-state index is 0.466. The summed E-state index contributed by atoms with van der Waals surface area (Å²) in [7, 11) is -5.14. The predicted octanol–water partition coefficient (Wildman–Crippen LogP) is 4.92. The van der Waals surface area contributed by atoms with Crippen LogP contribution in [-0.4, -0.2) is 45.3 Å². The van der Waals surface area contributed by atoms with Crippen LogP contribution in [0.15, 0.2) is 0 Å². The van der Waals surface area contributed by atoms with E-state index in [0.717, 1.165) is 0 Å². The summed E-state index contributed by atoms with van der Waals surface area (Å²) in [5, 5.41) is 0. The molecule has 23 heavy (non-hydrogen) atoms. The van der Waals surface area contributed by atoms with Gasteiger partial charge in [-0.05, 0) is 20.4 Å². The van der Waals surface area contributed by atoms with E-state index in [1.807, 2.05) is 0 Å². The highest BCUT2D eigenvalue weighted by atomic mass is 28.4. The van der Waals surface area contributed by atoms with Gasteiger partial charge in [-0.1, -0.05) is 0 Å². The molecule has 0 spiro atoms. The Morgan fingerprint density at radius 2 is 1.13 bits per heavy atom. The first-order chi connectivity index (χ1) is 10.1. The molecule has 0 fully saturated rings. The van der Waals surface area contributed by atoms with Crippen molar-refractivity contribution in [2.75, 3.05) is 13.2 Å². The summed E-state index contributed by atoms with van der Waals surface area (Å²) in [6.45, 7) is 1.78. The van der Waals surface area contributed by atoms with Gasteiger partial charge < -0.3 is 8.85 Å². The van der Waals surface area contributed by atoms with Gasteiger partial charge in [0.1, 0.15) is 0 Å². The van der Waals surface area contributed by atoms with Crippen molar-refractivity contribution in [1.82, 2.24) is 0 Å². The average Bonchev–Trinajstić information content (AvgIpc) is 2.35. The molecule has 0 N–H and O–H groups in total. The third kappa shape index (κ3) is 4.75. The van der Waals surface area contributed by atoms with Gasteiger partial charge in [-0.25, -0.2) is 0 Å². The SMILES string of the molecule is CCO[Si](C)(OCC)C(F)(F)C(F)(F)C(F)(F)CCC(F)(F)F. The molecule has 0 aromatic carbocycles. The molecule has 0 atom stereocenters. The molecule has 0 unspecified atom stereocenters. The minimum atomic E-state index is -6.06. The second-order valence-electron chi connectivity index (χ2n) is 4.78. The molecule has 0 saturated carbocycles. The Morgan fingerprint density at radius 3 is 1.43 bits per heavy atom. The Kier molecular flexibility index (Phi) is 7.02. The lowest BCUT2D eigenvalue weighted by Gasteiger charge is -2.40. The van der Waals surface area contributed by atoms with Crippen LogP contribution < -0.4 is 0 Å². The van der Waals surface area contributed by atoms with Crippen molar-refractivity contribution in [3.8, 4) is 0 Å². The first kappa shape index (κ1) is 22.5. The van der Waals surface area contributed by atoms with Crippen LogP contribution >= 0.6 is 0 Å². The summed E-state index contributed by atoms with van der Waals surface area (Å²) in [5.74, 6) is -11.6. The third-order valence-corrected chi connectivity index (χ3v) is 6.12. The summed E-state index contributed by atoms with van der Waals surface area (Å²) < 4.78 is 127. The maximum absolute atomic E-state index is 14.0. The molecule has 2 nitrogen and oxygen atoms in total. The number of hydrogen-bond acceptors (Lipinski definition) is 2. The second kappa shape index (κ2) is 7.17. The van der Waals surface area contributed by atoms with E-state index in [2.05, 4.69) is 8.85 Å². The van der Waals surface area contributed by atoms with Crippen molar-refractivity contribution in [3.05, 3.63) is 0 Å². The van der Waals surface area contributed by atoms with Crippen molar-refractivity contribution in [2.45, 2.75) is 56.8 Å². The third-order valence-electron chi connectivity index (χ3n) is 2.99. The van der Waals surface area contributed by atoms with E-state index in [0.29, 0.717) is 6.55 Å². The summed E-state index contributed by atoms with van der Waals surface area (Å²) in [5.41, 5.74) is -5.44. The maximum Gasteiger partial charge on any atom is 0.419 e. The molecule has 0 aliphatic rings. The van der Waals surface area contributed by atoms with Gasteiger partial charge in [-0.3, -0.25) is 0 Å². The van der Waals surface area contributed by atoms with Crippen molar-refractivity contribution in [1.29, 1.82) is 0 Å². The summed E-state index contributed by atoms with van der Waals surface area (Å²) in [4.78, 5) is 0. The molecule has 0 rings (SSSR count). The zero-order valence-corrected chi connectivity index (χ0v) is 13.5. The smallest absolute Gasteiger partial charge is 0.391 e. The minimum Gasteiger partial charge on any atom is -0.391 e. The van der Waals surface area contributed by atoms with E-state index in [9.17, 15) is 39.5 Å². The molecule has 0 amide bonds. The summed E-state index contributed by atoms with van der Waals surface area (Å²) >= 11 is 0. The van der Waals surface area contributed by atoms with Gasteiger partial charge in [-0.2, -0.15) is 39.5 Å². The van der Waals surface area contributed by atoms with Crippen LogP contribution in [0.1, 0.15) is 26.7 Å². The first-order valence-corrected chi connectivity index (χ1v) is 8.87. The molecule has 0 radical (unpaired) electrons. The largest absolute Gasteiger partial charge is 0.419 e. The molecule has 0 bridgehead atoms. The maximum atomic E-state index is 14.0. The lowest BCUT2D eigenvalue weighted by atomic mass is 10.1. The molecule has 0 aromatic rings. The second-order valence-corrected chi connectivity index (χ2v) is 7.88. The monoisotopic (exact) mass is 380 g/mol. The van der Waals surface area contributed by atoms with E-state index in [-0.39, 0.29) is 0 Å². The fourth-order valence-corrected chi connectivity index (χ4v) is 4.05. The number of hydrogen-bond donors (Lipinski definition) is 0. The molecule has 0 aliphatic carbocycles. The molecule has 140 valence electrons. The van der Waals surface area contributed by atoms with Crippen molar-refractivity contribution in [2.24, 2.45) is 0 Å². The molecule has 0 saturated heterocycles. The standard InChI is InChI=1S/C11H17F9O2Si/c1-4-21-23(3,22-5-2)11(19,20)10(17,18)8(12,13)6-7-9(14,15)16/h4-7H2,1-3H3. The zero-order valence-electron chi connectivity index (χ0n) is 12.5. The highest BCUT2D eigenvalue weighted by Crippen LogP contribution is 2.52. The van der Waals surface area contributed by atoms with Gasteiger partial charge in [0.15, 0.2) is 0 Å². The highest BCUT2D eigenvalue weighted by molar-refractivity contribution is 6.69. The normalized spacial score (nSPS) is 15.1. The Morgan fingerprint density at radius 1 is 0.739 bits per heavy atom. The van der Waals surface area contributed by atoms with Gasteiger partial charge in [0.2, 0.25) is 0 Å². The van der Waals surface area contributed by atoms with E-state index in [1.54, 1.807) is 0 Å². The fraction of sp³-hybridized carbons (Fsp3) is 1.00. The van der Waals surface area contributed by atoms with Crippen LogP contribution in [0.25, 0.3) is 0 Å².